The normalized spacial score (nSPS) is 18.3. The SMILES string of the molecule is CC(=O)NCC1CC(c2ccc(N3CCN(S(=O)(=O)c4cc(C(=O)O)c(F)cc4Cl)CC3)c(F)c2)=NO1. The highest BCUT2D eigenvalue weighted by Gasteiger charge is 2.32. The number of nitrogens with one attached hydrogen (secondary N) is 1. The van der Waals surface area contributed by atoms with Crippen LogP contribution >= 0.6 is 11.6 Å². The summed E-state index contributed by atoms with van der Waals surface area (Å²) in [7, 11) is -4.22. The van der Waals surface area contributed by atoms with Crippen LogP contribution in [0.5, 0.6) is 0 Å². The number of sulfonamides is 1. The van der Waals surface area contributed by atoms with E-state index in [1.807, 2.05) is 0 Å². The van der Waals surface area contributed by atoms with Gasteiger partial charge in [-0.25, -0.2) is 22.0 Å². The minimum absolute atomic E-state index is 0.0228. The number of nitrogens with zero attached hydrogens (tertiary/aromatic N) is 3. The summed E-state index contributed by atoms with van der Waals surface area (Å²) in [5.41, 5.74) is 0.562. The number of aromatic carboxylic acids is 1. The van der Waals surface area contributed by atoms with Crippen molar-refractivity contribution in [2.75, 3.05) is 37.6 Å². The smallest absolute Gasteiger partial charge is 0.338 e. The third kappa shape index (κ3) is 5.68. The molecule has 0 aliphatic carbocycles. The molecule has 0 spiro atoms. The van der Waals surface area contributed by atoms with Crippen LogP contribution in [0, 0.1) is 11.6 Å². The summed E-state index contributed by atoms with van der Waals surface area (Å²) in [5, 5.41) is 15.3. The van der Waals surface area contributed by atoms with E-state index < -0.39 is 43.1 Å². The molecule has 4 rings (SSSR count). The molecule has 0 bridgehead atoms. The van der Waals surface area contributed by atoms with Crippen LogP contribution in [0.15, 0.2) is 40.4 Å². The summed E-state index contributed by atoms with van der Waals surface area (Å²) in [6, 6.07) is 5.96. The van der Waals surface area contributed by atoms with Crippen LogP contribution in [0.2, 0.25) is 5.02 Å². The van der Waals surface area contributed by atoms with Gasteiger partial charge in [0, 0.05) is 45.1 Å². The molecule has 1 atom stereocenters. The molecule has 2 aliphatic heterocycles. The number of oxime groups is 1. The number of carboxylic acids is 1. The Kier molecular flexibility index (Phi) is 7.67. The first-order valence-electron chi connectivity index (χ1n) is 11.2. The predicted octanol–water partition coefficient (Wildman–Crippen LogP) is 2.46. The Morgan fingerprint density at radius 1 is 1.16 bits per heavy atom. The quantitative estimate of drug-likeness (QED) is 0.536. The first-order chi connectivity index (χ1) is 17.5. The lowest BCUT2D eigenvalue weighted by molar-refractivity contribution is -0.119. The molecule has 0 radical (unpaired) electrons. The van der Waals surface area contributed by atoms with Crippen molar-refractivity contribution in [3.8, 4) is 0 Å². The highest BCUT2D eigenvalue weighted by Crippen LogP contribution is 2.30. The Bertz CT molecular complexity index is 1380. The number of carboxylic acid groups (broad SMARTS) is 1. The van der Waals surface area contributed by atoms with Gasteiger partial charge in [-0.2, -0.15) is 4.31 Å². The fourth-order valence-corrected chi connectivity index (χ4v) is 6.05. The number of carbonyl (C=O) groups excluding carboxylic acids is 1. The highest BCUT2D eigenvalue weighted by molar-refractivity contribution is 7.89. The van der Waals surface area contributed by atoms with Gasteiger partial charge >= 0.3 is 5.97 Å². The van der Waals surface area contributed by atoms with E-state index in [1.165, 1.54) is 13.0 Å². The lowest BCUT2D eigenvalue weighted by atomic mass is 10.0. The van der Waals surface area contributed by atoms with E-state index in [0.29, 0.717) is 29.8 Å². The van der Waals surface area contributed by atoms with E-state index in [-0.39, 0.29) is 50.4 Å². The molecule has 2 aliphatic rings. The molecular weight excluding hydrogens is 534 g/mol. The number of amides is 1. The van der Waals surface area contributed by atoms with Gasteiger partial charge in [-0.05, 0) is 24.3 Å². The number of anilines is 1. The molecule has 1 saturated heterocycles. The number of carbonyl (C=O) groups is 2. The summed E-state index contributed by atoms with van der Waals surface area (Å²) in [5.74, 6) is -3.47. The second kappa shape index (κ2) is 10.6. The van der Waals surface area contributed by atoms with Crippen molar-refractivity contribution in [2.45, 2.75) is 24.3 Å². The van der Waals surface area contributed by atoms with Gasteiger partial charge in [0.15, 0.2) is 0 Å². The Labute approximate surface area is 216 Å². The third-order valence-electron chi connectivity index (χ3n) is 6.04. The zero-order chi connectivity index (χ0) is 26.9. The number of benzene rings is 2. The van der Waals surface area contributed by atoms with Crippen molar-refractivity contribution in [1.82, 2.24) is 9.62 Å². The molecule has 1 unspecified atom stereocenters. The monoisotopic (exact) mass is 556 g/mol. The van der Waals surface area contributed by atoms with Crippen LogP contribution in [0.25, 0.3) is 0 Å². The molecule has 2 N–H and O–H groups in total. The average molecular weight is 557 g/mol. The minimum atomic E-state index is -4.22. The summed E-state index contributed by atoms with van der Waals surface area (Å²) < 4.78 is 56.1. The van der Waals surface area contributed by atoms with Crippen molar-refractivity contribution >= 4 is 44.9 Å². The van der Waals surface area contributed by atoms with Gasteiger partial charge in [-0.3, -0.25) is 4.79 Å². The molecular formula is C23H23ClF2N4O6S. The van der Waals surface area contributed by atoms with E-state index in [2.05, 4.69) is 10.5 Å². The summed E-state index contributed by atoms with van der Waals surface area (Å²) in [6.45, 7) is 1.95. The number of hydrogen-bond acceptors (Lipinski definition) is 7. The van der Waals surface area contributed by atoms with Gasteiger partial charge in [-0.15, -0.1) is 0 Å². The van der Waals surface area contributed by atoms with Crippen LogP contribution in [0.3, 0.4) is 0 Å². The largest absolute Gasteiger partial charge is 0.478 e. The van der Waals surface area contributed by atoms with Crippen LogP contribution in [-0.2, 0) is 19.7 Å². The molecule has 198 valence electrons. The van der Waals surface area contributed by atoms with Crippen molar-refractivity contribution in [3.63, 3.8) is 0 Å². The average Bonchev–Trinajstić information content (AvgIpc) is 3.31. The van der Waals surface area contributed by atoms with E-state index in [4.69, 9.17) is 21.5 Å². The molecule has 2 heterocycles. The Morgan fingerprint density at radius 2 is 1.86 bits per heavy atom. The van der Waals surface area contributed by atoms with Crippen molar-refractivity contribution in [2.24, 2.45) is 5.16 Å². The molecule has 0 saturated carbocycles. The number of halogens is 3. The van der Waals surface area contributed by atoms with Crippen molar-refractivity contribution in [3.05, 3.63) is 58.1 Å². The minimum Gasteiger partial charge on any atom is -0.478 e. The molecule has 2 aromatic carbocycles. The molecule has 0 aromatic heterocycles. The molecule has 10 nitrogen and oxygen atoms in total. The van der Waals surface area contributed by atoms with E-state index in [9.17, 15) is 22.4 Å². The molecule has 2 aromatic rings. The predicted molar refractivity (Wildman–Crippen MR) is 130 cm³/mol. The van der Waals surface area contributed by atoms with E-state index >= 15 is 4.39 Å². The fraction of sp³-hybridized carbons (Fsp3) is 0.348. The first-order valence-corrected chi connectivity index (χ1v) is 13.0. The topological polar surface area (TPSA) is 129 Å². The van der Waals surface area contributed by atoms with Gasteiger partial charge in [-0.1, -0.05) is 22.8 Å². The molecule has 1 amide bonds. The Balaban J connectivity index is 1.43. The third-order valence-corrected chi connectivity index (χ3v) is 8.41. The maximum atomic E-state index is 15.0. The van der Waals surface area contributed by atoms with Crippen LogP contribution < -0.4 is 10.2 Å². The van der Waals surface area contributed by atoms with Crippen LogP contribution in [0.1, 0.15) is 29.3 Å². The highest BCUT2D eigenvalue weighted by atomic mass is 35.5. The fourth-order valence-electron chi connectivity index (χ4n) is 4.11. The van der Waals surface area contributed by atoms with Gasteiger partial charge < -0.3 is 20.2 Å². The maximum Gasteiger partial charge on any atom is 0.338 e. The van der Waals surface area contributed by atoms with Gasteiger partial charge in [0.05, 0.1) is 28.5 Å². The molecule has 1 fully saturated rings. The maximum absolute atomic E-state index is 15.0. The molecule has 14 heteroatoms. The first kappa shape index (κ1) is 26.8. The number of piperazine rings is 1. The zero-order valence-corrected chi connectivity index (χ0v) is 21.2. The second-order valence-electron chi connectivity index (χ2n) is 8.53. The number of hydrogen-bond donors (Lipinski definition) is 2. The van der Waals surface area contributed by atoms with Crippen LogP contribution in [-0.4, -0.2) is 74.2 Å². The second-order valence-corrected chi connectivity index (χ2v) is 10.8. The van der Waals surface area contributed by atoms with Gasteiger partial charge in [0.25, 0.3) is 0 Å². The lowest BCUT2D eigenvalue weighted by Crippen LogP contribution is -2.49. The van der Waals surface area contributed by atoms with E-state index in [1.54, 1.807) is 17.0 Å². The summed E-state index contributed by atoms with van der Waals surface area (Å²) in [4.78, 5) is 28.8. The summed E-state index contributed by atoms with van der Waals surface area (Å²) >= 11 is 5.93. The standard InChI is InChI=1S/C23H23ClF2N4O6S/c1-13(31)27-12-15-9-20(28-36-15)14-2-3-21(19(26)8-14)29-4-6-30(7-5-29)37(34,35)22-10-16(23(32)33)18(25)11-17(22)24/h2-3,8,10-11,15H,4-7,9,12H2,1H3,(H,27,31)(H,32,33). The Morgan fingerprint density at radius 3 is 2.49 bits per heavy atom. The lowest BCUT2D eigenvalue weighted by Gasteiger charge is -2.35. The van der Waals surface area contributed by atoms with Crippen molar-refractivity contribution < 1.29 is 36.7 Å². The van der Waals surface area contributed by atoms with Crippen molar-refractivity contribution in [1.29, 1.82) is 0 Å². The van der Waals surface area contributed by atoms with Gasteiger partial charge in [0.2, 0.25) is 15.9 Å². The van der Waals surface area contributed by atoms with E-state index in [0.717, 1.165) is 4.31 Å². The Hall–Kier alpha value is -3.29. The van der Waals surface area contributed by atoms with Gasteiger partial charge in [0.1, 0.15) is 22.6 Å². The number of rotatable bonds is 7. The zero-order valence-electron chi connectivity index (χ0n) is 19.6. The molecule has 37 heavy (non-hydrogen) atoms. The van der Waals surface area contributed by atoms with Crippen LogP contribution in [0.4, 0.5) is 14.5 Å². The summed E-state index contributed by atoms with van der Waals surface area (Å²) in [6.07, 6.45) is 0.0726.